The summed E-state index contributed by atoms with van der Waals surface area (Å²) in [6.07, 6.45) is 6.24. The molecule has 0 aliphatic rings. The smallest absolute Gasteiger partial charge is 0.193 e. The van der Waals surface area contributed by atoms with E-state index in [0.29, 0.717) is 6.54 Å². The second kappa shape index (κ2) is 9.87. The molecule has 0 spiro atoms. The van der Waals surface area contributed by atoms with Crippen LogP contribution in [-0.2, 0) is 13.1 Å². The Bertz CT molecular complexity index is 674. The Morgan fingerprint density at radius 1 is 1.28 bits per heavy atom. The van der Waals surface area contributed by atoms with Crippen molar-refractivity contribution in [3.63, 3.8) is 0 Å². The van der Waals surface area contributed by atoms with Gasteiger partial charge in [-0.15, -0.1) is 0 Å². The molecule has 5 nitrogen and oxygen atoms in total. The molecule has 0 unspecified atom stereocenters. The number of aryl methyl sites for hydroxylation is 1. The van der Waals surface area contributed by atoms with Crippen LogP contribution in [0.15, 0.2) is 41.7 Å². The molecule has 1 aromatic heterocycles. The minimum absolute atomic E-state index is 0.690. The fraction of sp³-hybridized carbons (Fsp3) is 0.500. The molecule has 5 heteroatoms. The molecular formula is C20H31N5. The molecule has 2 aromatic rings. The summed E-state index contributed by atoms with van der Waals surface area (Å²) in [5, 5.41) is 3.38. The highest BCUT2D eigenvalue weighted by atomic mass is 15.3. The van der Waals surface area contributed by atoms with E-state index < -0.39 is 0 Å². The number of aromatic nitrogens is 2. The van der Waals surface area contributed by atoms with Crippen LogP contribution in [0.4, 0.5) is 0 Å². The lowest BCUT2D eigenvalue weighted by Crippen LogP contribution is -2.39. The zero-order chi connectivity index (χ0) is 18.1. The third-order valence-corrected chi connectivity index (χ3v) is 4.22. The molecule has 1 heterocycles. The lowest BCUT2D eigenvalue weighted by molar-refractivity contribution is 0.465. The maximum atomic E-state index is 4.80. The summed E-state index contributed by atoms with van der Waals surface area (Å²) in [7, 11) is 2.11. The molecule has 0 aliphatic heterocycles. The maximum Gasteiger partial charge on any atom is 0.193 e. The van der Waals surface area contributed by atoms with E-state index in [1.807, 2.05) is 19.3 Å². The third-order valence-electron chi connectivity index (χ3n) is 4.22. The molecule has 2 rings (SSSR count). The van der Waals surface area contributed by atoms with Crippen molar-refractivity contribution < 1.29 is 0 Å². The van der Waals surface area contributed by atoms with Crippen LogP contribution in [0.1, 0.15) is 43.6 Å². The van der Waals surface area contributed by atoms with Crippen LogP contribution in [0.3, 0.4) is 0 Å². The number of hydrogen-bond donors (Lipinski definition) is 1. The highest BCUT2D eigenvalue weighted by molar-refractivity contribution is 5.79. The highest BCUT2D eigenvalue weighted by Gasteiger charge is 2.05. The van der Waals surface area contributed by atoms with Gasteiger partial charge in [-0.3, -0.25) is 0 Å². The number of guanidine groups is 1. The van der Waals surface area contributed by atoms with Crippen molar-refractivity contribution in [3.05, 3.63) is 53.6 Å². The van der Waals surface area contributed by atoms with Crippen LogP contribution >= 0.6 is 0 Å². The summed E-state index contributed by atoms with van der Waals surface area (Å²) in [4.78, 5) is 11.3. The molecule has 136 valence electrons. The number of aliphatic imine (C=N–C) groups is 1. The van der Waals surface area contributed by atoms with E-state index in [0.717, 1.165) is 31.4 Å². The fourth-order valence-electron chi connectivity index (χ4n) is 2.73. The van der Waals surface area contributed by atoms with Gasteiger partial charge in [0.05, 0.1) is 6.54 Å². The first-order valence-electron chi connectivity index (χ1n) is 9.19. The van der Waals surface area contributed by atoms with Crippen LogP contribution in [0.25, 0.3) is 0 Å². The first-order chi connectivity index (χ1) is 12.1. The molecule has 1 aromatic carbocycles. The van der Waals surface area contributed by atoms with E-state index in [1.54, 1.807) is 0 Å². The van der Waals surface area contributed by atoms with Gasteiger partial charge in [-0.25, -0.2) is 9.98 Å². The summed E-state index contributed by atoms with van der Waals surface area (Å²) in [6.45, 7) is 9.80. The first-order valence-corrected chi connectivity index (χ1v) is 9.19. The van der Waals surface area contributed by atoms with Gasteiger partial charge < -0.3 is 14.8 Å². The highest BCUT2D eigenvalue weighted by Crippen LogP contribution is 2.10. The summed E-state index contributed by atoms with van der Waals surface area (Å²) >= 11 is 0. The summed E-state index contributed by atoms with van der Waals surface area (Å²) < 4.78 is 2.16. The number of benzene rings is 1. The van der Waals surface area contributed by atoms with E-state index in [9.17, 15) is 0 Å². The Kier molecular flexibility index (Phi) is 7.51. The average Bonchev–Trinajstić information content (AvgIpc) is 3.01. The number of unbranched alkanes of at least 4 members (excludes halogenated alkanes) is 1. The van der Waals surface area contributed by atoms with Crippen molar-refractivity contribution in [1.82, 2.24) is 19.8 Å². The molecule has 0 radical (unpaired) electrons. The van der Waals surface area contributed by atoms with Crippen LogP contribution in [0, 0.1) is 6.92 Å². The minimum Gasteiger partial charge on any atom is -0.357 e. The van der Waals surface area contributed by atoms with E-state index >= 15 is 0 Å². The zero-order valence-electron chi connectivity index (χ0n) is 16.0. The Labute approximate surface area is 151 Å². The van der Waals surface area contributed by atoms with Crippen molar-refractivity contribution in [1.29, 1.82) is 0 Å². The summed E-state index contributed by atoms with van der Waals surface area (Å²) in [6, 6.07) is 8.65. The molecule has 0 atom stereocenters. The maximum absolute atomic E-state index is 4.80. The summed E-state index contributed by atoms with van der Waals surface area (Å²) in [5.41, 5.74) is 2.51. The SMILES string of the molecule is CCCCN(C)C(=NCc1cccc(Cn2ccnc2C)c1)NCC. The first kappa shape index (κ1) is 19.0. The largest absolute Gasteiger partial charge is 0.357 e. The second-order valence-electron chi connectivity index (χ2n) is 6.37. The predicted molar refractivity (Wildman–Crippen MR) is 105 cm³/mol. The van der Waals surface area contributed by atoms with Crippen LogP contribution in [0.2, 0.25) is 0 Å². The molecule has 0 fully saturated rings. The van der Waals surface area contributed by atoms with Crippen molar-refractivity contribution in [3.8, 4) is 0 Å². The minimum atomic E-state index is 0.690. The van der Waals surface area contributed by atoms with E-state index in [2.05, 4.69) is 64.9 Å². The van der Waals surface area contributed by atoms with Crippen LogP contribution in [-0.4, -0.2) is 40.5 Å². The second-order valence-corrected chi connectivity index (χ2v) is 6.37. The number of imidazole rings is 1. The standard InChI is InChI=1S/C20H31N5/c1-5-7-12-24(4)20(21-6-2)23-15-18-9-8-10-19(14-18)16-25-13-11-22-17(25)3/h8-11,13-14H,5-7,12,15-16H2,1-4H3,(H,21,23). The molecule has 0 saturated carbocycles. The van der Waals surface area contributed by atoms with Gasteiger partial charge in [0.1, 0.15) is 5.82 Å². The van der Waals surface area contributed by atoms with Gasteiger partial charge in [-0.2, -0.15) is 0 Å². The molecule has 0 aliphatic carbocycles. The lowest BCUT2D eigenvalue weighted by Gasteiger charge is -2.21. The number of hydrogen-bond acceptors (Lipinski definition) is 2. The molecule has 0 bridgehead atoms. The Balaban J connectivity index is 2.05. The Morgan fingerprint density at radius 2 is 2.08 bits per heavy atom. The van der Waals surface area contributed by atoms with Gasteiger partial charge in [-0.05, 0) is 31.4 Å². The number of rotatable bonds is 8. The van der Waals surface area contributed by atoms with Crippen LogP contribution in [0.5, 0.6) is 0 Å². The number of nitrogens with zero attached hydrogens (tertiary/aromatic N) is 4. The molecular weight excluding hydrogens is 310 g/mol. The van der Waals surface area contributed by atoms with E-state index in [-0.39, 0.29) is 0 Å². The van der Waals surface area contributed by atoms with Gasteiger partial charge in [-0.1, -0.05) is 37.6 Å². The van der Waals surface area contributed by atoms with E-state index in [4.69, 9.17) is 4.99 Å². The normalized spacial score (nSPS) is 11.6. The van der Waals surface area contributed by atoms with Gasteiger partial charge in [0, 0.05) is 39.1 Å². The van der Waals surface area contributed by atoms with Gasteiger partial charge in [0.25, 0.3) is 0 Å². The summed E-state index contributed by atoms with van der Waals surface area (Å²) in [5.74, 6) is 2.02. The van der Waals surface area contributed by atoms with Crippen molar-refractivity contribution in [2.45, 2.75) is 46.7 Å². The van der Waals surface area contributed by atoms with Crippen LogP contribution < -0.4 is 5.32 Å². The van der Waals surface area contributed by atoms with Crippen molar-refractivity contribution in [2.24, 2.45) is 4.99 Å². The monoisotopic (exact) mass is 341 g/mol. The van der Waals surface area contributed by atoms with Crippen molar-refractivity contribution in [2.75, 3.05) is 20.1 Å². The van der Waals surface area contributed by atoms with Gasteiger partial charge in [0.15, 0.2) is 5.96 Å². The number of nitrogens with one attached hydrogen (secondary N) is 1. The lowest BCUT2D eigenvalue weighted by atomic mass is 10.1. The molecule has 0 amide bonds. The molecule has 1 N–H and O–H groups in total. The Hall–Kier alpha value is -2.30. The van der Waals surface area contributed by atoms with Gasteiger partial charge in [0.2, 0.25) is 0 Å². The predicted octanol–water partition coefficient (Wildman–Crippen LogP) is 3.44. The topological polar surface area (TPSA) is 45.5 Å². The average molecular weight is 342 g/mol. The third kappa shape index (κ3) is 5.93. The van der Waals surface area contributed by atoms with Crippen molar-refractivity contribution >= 4 is 5.96 Å². The quantitative estimate of drug-likeness (QED) is 0.591. The van der Waals surface area contributed by atoms with Gasteiger partial charge >= 0.3 is 0 Å². The fourth-order valence-corrected chi connectivity index (χ4v) is 2.73. The van der Waals surface area contributed by atoms with E-state index in [1.165, 1.54) is 24.0 Å². The molecule has 0 saturated heterocycles. The Morgan fingerprint density at radius 3 is 2.76 bits per heavy atom. The molecule has 25 heavy (non-hydrogen) atoms. The zero-order valence-corrected chi connectivity index (χ0v) is 16.0.